The molecule has 0 bridgehead atoms. The summed E-state index contributed by atoms with van der Waals surface area (Å²) in [5, 5.41) is 4.51. The van der Waals surface area contributed by atoms with E-state index in [-0.39, 0.29) is 26.4 Å². The molecule has 0 aliphatic carbocycles. The number of esters is 1. The minimum absolute atomic E-state index is 0.136. The third-order valence-electron chi connectivity index (χ3n) is 3.38. The average Bonchev–Trinajstić information content (AvgIpc) is 2.66. The maximum Gasteiger partial charge on any atom is 0.412 e. The Balaban J connectivity index is 1.70. The lowest BCUT2D eigenvalue weighted by atomic mass is 10.1. The molecule has 0 aliphatic rings. The molecule has 1 N–H and O–H groups in total. The smallest absolute Gasteiger partial charge is 0.412 e. The Morgan fingerprint density at radius 2 is 1.73 bits per heavy atom. The lowest BCUT2D eigenvalue weighted by Gasteiger charge is -2.09. The van der Waals surface area contributed by atoms with Gasteiger partial charge in [-0.05, 0) is 35.0 Å². The van der Waals surface area contributed by atoms with Gasteiger partial charge in [0.1, 0.15) is 18.1 Å². The first-order valence-corrected chi connectivity index (χ1v) is 8.03. The Bertz CT molecular complexity index is 774. The van der Waals surface area contributed by atoms with Crippen molar-refractivity contribution in [3.8, 4) is 11.5 Å². The van der Waals surface area contributed by atoms with Crippen molar-refractivity contribution in [2.24, 2.45) is 0 Å². The number of benzene rings is 2. The predicted molar refractivity (Wildman–Crippen MR) is 96.5 cm³/mol. The highest BCUT2D eigenvalue weighted by Gasteiger charge is 2.05. The fourth-order valence-corrected chi connectivity index (χ4v) is 2.12. The van der Waals surface area contributed by atoms with Gasteiger partial charge in [-0.3, -0.25) is 0 Å². The zero-order valence-corrected chi connectivity index (χ0v) is 14.5. The number of carbonyl (C=O) groups is 2. The molecule has 0 saturated carbocycles. The largest absolute Gasteiger partial charge is 0.497 e. The molecule has 0 atom stereocenters. The number of rotatable bonds is 9. The normalized spacial score (nSPS) is 10.2. The molecule has 0 saturated heterocycles. The average molecular weight is 359 g/mol. The molecule has 0 aliphatic heterocycles. The molecular formula is C19H21NO6. The second-order valence-corrected chi connectivity index (χ2v) is 5.18. The number of hydrogen-bond acceptors (Lipinski definition) is 6. The van der Waals surface area contributed by atoms with Crippen molar-refractivity contribution < 1.29 is 28.5 Å². The summed E-state index contributed by atoms with van der Waals surface area (Å²) in [7, 11) is 1.61. The lowest BCUT2D eigenvalue weighted by Crippen LogP contribution is -2.30. The Morgan fingerprint density at radius 3 is 2.42 bits per heavy atom. The third kappa shape index (κ3) is 6.10. The predicted octanol–water partition coefficient (Wildman–Crippen LogP) is 2.68. The van der Waals surface area contributed by atoms with Crippen LogP contribution in [0.15, 0.2) is 49.1 Å². The monoisotopic (exact) mass is 359 g/mol. The summed E-state index contributed by atoms with van der Waals surface area (Å²) in [6, 6.07) is 11.0. The minimum Gasteiger partial charge on any atom is -0.497 e. The molecule has 0 heterocycles. The first-order chi connectivity index (χ1) is 12.6. The van der Waals surface area contributed by atoms with Crippen molar-refractivity contribution in [1.29, 1.82) is 0 Å². The molecule has 0 radical (unpaired) electrons. The fraction of sp³-hybridized carbons (Fsp3) is 0.263. The molecule has 0 spiro atoms. The van der Waals surface area contributed by atoms with Gasteiger partial charge < -0.3 is 24.3 Å². The van der Waals surface area contributed by atoms with Crippen molar-refractivity contribution in [2.75, 3.05) is 33.5 Å². The molecule has 1 amide bonds. The summed E-state index contributed by atoms with van der Waals surface area (Å²) >= 11 is 0. The number of carbonyl (C=O) groups excluding carboxylic acids is 2. The molecule has 0 unspecified atom stereocenters. The second kappa shape index (κ2) is 10.0. The Morgan fingerprint density at radius 1 is 1.04 bits per heavy atom. The van der Waals surface area contributed by atoms with E-state index in [1.165, 1.54) is 0 Å². The molecule has 7 nitrogen and oxygen atoms in total. The molecule has 26 heavy (non-hydrogen) atoms. The van der Waals surface area contributed by atoms with Crippen molar-refractivity contribution in [2.45, 2.75) is 0 Å². The highest BCUT2D eigenvalue weighted by atomic mass is 16.6. The topological polar surface area (TPSA) is 83.1 Å². The van der Waals surface area contributed by atoms with Gasteiger partial charge in [0.05, 0.1) is 20.3 Å². The van der Waals surface area contributed by atoms with Crippen molar-refractivity contribution in [3.63, 3.8) is 0 Å². The summed E-state index contributed by atoms with van der Waals surface area (Å²) in [5.41, 5.74) is 0. The van der Waals surface area contributed by atoms with Crippen LogP contribution in [-0.2, 0) is 14.3 Å². The minimum atomic E-state index is -0.570. The van der Waals surface area contributed by atoms with Crippen LogP contribution in [0.1, 0.15) is 0 Å². The van der Waals surface area contributed by atoms with E-state index in [0.717, 1.165) is 22.6 Å². The van der Waals surface area contributed by atoms with Crippen molar-refractivity contribution in [3.05, 3.63) is 49.1 Å². The van der Waals surface area contributed by atoms with Gasteiger partial charge in [0, 0.05) is 12.6 Å². The number of fused-ring (bicyclic) bond motifs is 1. The van der Waals surface area contributed by atoms with E-state index in [0.29, 0.717) is 5.75 Å². The van der Waals surface area contributed by atoms with Crippen LogP contribution in [0.25, 0.3) is 10.8 Å². The first kappa shape index (κ1) is 19.3. The van der Waals surface area contributed by atoms with Gasteiger partial charge in [0.2, 0.25) is 0 Å². The number of nitrogens with one attached hydrogen (secondary N) is 1. The van der Waals surface area contributed by atoms with Crippen molar-refractivity contribution in [1.82, 2.24) is 5.32 Å². The molecule has 0 fully saturated rings. The standard InChI is InChI=1S/C19H21NO6/c1-3-18(21)25-11-10-24-9-8-20-19(22)26-17-7-5-14-12-16(23-2)6-4-15(14)13-17/h3-7,12-13H,1,8-11H2,2H3,(H,20,22). The van der Waals surface area contributed by atoms with E-state index >= 15 is 0 Å². The Labute approximate surface area is 151 Å². The van der Waals surface area contributed by atoms with E-state index in [9.17, 15) is 9.59 Å². The third-order valence-corrected chi connectivity index (χ3v) is 3.38. The van der Waals surface area contributed by atoms with Gasteiger partial charge in [-0.25, -0.2) is 9.59 Å². The van der Waals surface area contributed by atoms with E-state index in [1.807, 2.05) is 24.3 Å². The van der Waals surface area contributed by atoms with Crippen LogP contribution in [0, 0.1) is 0 Å². The van der Waals surface area contributed by atoms with Gasteiger partial charge in [0.25, 0.3) is 0 Å². The van der Waals surface area contributed by atoms with Crippen LogP contribution >= 0.6 is 0 Å². The van der Waals surface area contributed by atoms with Gasteiger partial charge in [-0.2, -0.15) is 0 Å². The van der Waals surface area contributed by atoms with Crippen LogP contribution in [0.5, 0.6) is 11.5 Å². The number of hydrogen-bond donors (Lipinski definition) is 1. The van der Waals surface area contributed by atoms with E-state index in [4.69, 9.17) is 18.9 Å². The van der Waals surface area contributed by atoms with Gasteiger partial charge in [0.15, 0.2) is 0 Å². The molecule has 2 aromatic rings. The van der Waals surface area contributed by atoms with Crippen LogP contribution in [0.3, 0.4) is 0 Å². The zero-order chi connectivity index (χ0) is 18.8. The van der Waals surface area contributed by atoms with Gasteiger partial charge in [-0.15, -0.1) is 0 Å². The van der Waals surface area contributed by atoms with E-state index < -0.39 is 12.1 Å². The number of ether oxygens (including phenoxy) is 4. The molecular weight excluding hydrogens is 338 g/mol. The summed E-state index contributed by atoms with van der Waals surface area (Å²) < 4.78 is 20.4. The maximum atomic E-state index is 11.8. The molecule has 2 rings (SSSR count). The summed E-state index contributed by atoms with van der Waals surface area (Å²) in [6.07, 6.45) is 0.514. The highest BCUT2D eigenvalue weighted by molar-refractivity contribution is 5.86. The summed E-state index contributed by atoms with van der Waals surface area (Å²) in [4.78, 5) is 22.6. The number of methoxy groups -OCH3 is 1. The molecule has 138 valence electrons. The molecule has 2 aromatic carbocycles. The quantitative estimate of drug-likeness (QED) is 0.421. The van der Waals surface area contributed by atoms with E-state index in [1.54, 1.807) is 19.2 Å². The second-order valence-electron chi connectivity index (χ2n) is 5.18. The van der Waals surface area contributed by atoms with Crippen LogP contribution in [0.4, 0.5) is 4.79 Å². The summed E-state index contributed by atoms with van der Waals surface area (Å²) in [5.74, 6) is 0.713. The zero-order valence-electron chi connectivity index (χ0n) is 14.5. The lowest BCUT2D eigenvalue weighted by molar-refractivity contribution is -0.139. The van der Waals surface area contributed by atoms with Crippen LogP contribution in [0.2, 0.25) is 0 Å². The fourth-order valence-electron chi connectivity index (χ4n) is 2.12. The van der Waals surface area contributed by atoms with Crippen LogP contribution in [-0.4, -0.2) is 45.5 Å². The summed E-state index contributed by atoms with van der Waals surface area (Å²) in [6.45, 7) is 4.21. The Kier molecular flexibility index (Phi) is 7.45. The SMILES string of the molecule is C=CC(=O)OCCOCCNC(=O)Oc1ccc2cc(OC)ccc2c1. The van der Waals surface area contributed by atoms with Crippen LogP contribution < -0.4 is 14.8 Å². The van der Waals surface area contributed by atoms with Gasteiger partial charge >= 0.3 is 12.1 Å². The van der Waals surface area contributed by atoms with Crippen molar-refractivity contribution >= 4 is 22.8 Å². The Hall–Kier alpha value is -3.06. The highest BCUT2D eigenvalue weighted by Crippen LogP contribution is 2.24. The molecule has 0 aromatic heterocycles. The number of amides is 1. The van der Waals surface area contributed by atoms with Gasteiger partial charge in [-0.1, -0.05) is 18.7 Å². The first-order valence-electron chi connectivity index (χ1n) is 8.03. The molecule has 7 heteroatoms. The van der Waals surface area contributed by atoms with E-state index in [2.05, 4.69) is 11.9 Å². The maximum absolute atomic E-state index is 11.8.